The zero-order valence-electron chi connectivity index (χ0n) is 13.4. The van der Waals surface area contributed by atoms with E-state index in [2.05, 4.69) is 10.1 Å². The number of aromatic amines is 2. The Kier molecular flexibility index (Phi) is 3.97. The minimum absolute atomic E-state index is 0.128. The van der Waals surface area contributed by atoms with Crippen molar-refractivity contribution in [1.29, 1.82) is 0 Å². The van der Waals surface area contributed by atoms with E-state index in [1.54, 1.807) is 31.2 Å². The summed E-state index contributed by atoms with van der Waals surface area (Å²) >= 11 is 0. The molecule has 1 aromatic carbocycles. The second-order valence-corrected chi connectivity index (χ2v) is 5.23. The van der Waals surface area contributed by atoms with Crippen LogP contribution >= 0.6 is 0 Å². The minimum atomic E-state index is -0.840. The third-order valence-corrected chi connectivity index (χ3v) is 3.63. The summed E-state index contributed by atoms with van der Waals surface area (Å²) in [6.45, 7) is 1.60. The molecule has 9 nitrogen and oxygen atoms in total. The van der Waals surface area contributed by atoms with Crippen molar-refractivity contribution in [2.45, 2.75) is 6.92 Å². The SMILES string of the molecule is COc1ccc(N2N=C(C)C(=Cc3c(O)[nH]c(=O)[nH]c3=O)C2=O)cc1. The molecule has 0 saturated carbocycles. The number of carbonyl (C=O) groups excluding carboxylic acids is 1. The second kappa shape index (κ2) is 6.11. The third-order valence-electron chi connectivity index (χ3n) is 3.63. The number of nitrogens with one attached hydrogen (secondary N) is 2. The number of methoxy groups -OCH3 is 1. The van der Waals surface area contributed by atoms with Crippen LogP contribution in [-0.4, -0.2) is 33.8 Å². The Morgan fingerprint density at radius 3 is 2.44 bits per heavy atom. The Labute approximate surface area is 140 Å². The molecule has 0 bridgehead atoms. The number of ether oxygens (including phenoxy) is 1. The summed E-state index contributed by atoms with van der Waals surface area (Å²) < 4.78 is 5.07. The summed E-state index contributed by atoms with van der Waals surface area (Å²) in [5.41, 5.74) is -0.860. The van der Waals surface area contributed by atoms with Gasteiger partial charge >= 0.3 is 5.69 Å². The van der Waals surface area contributed by atoms with Crippen molar-refractivity contribution in [1.82, 2.24) is 9.97 Å². The van der Waals surface area contributed by atoms with Crippen LogP contribution in [0.15, 0.2) is 44.5 Å². The number of nitrogens with zero attached hydrogens (tertiary/aromatic N) is 2. The molecule has 2 heterocycles. The largest absolute Gasteiger partial charge is 0.497 e. The van der Waals surface area contributed by atoms with Crippen LogP contribution in [0.2, 0.25) is 0 Å². The summed E-state index contributed by atoms with van der Waals surface area (Å²) in [5, 5.41) is 15.1. The maximum Gasteiger partial charge on any atom is 0.328 e. The van der Waals surface area contributed by atoms with Gasteiger partial charge in [-0.1, -0.05) is 0 Å². The first kappa shape index (κ1) is 16.2. The Morgan fingerprint density at radius 1 is 1.16 bits per heavy atom. The Morgan fingerprint density at radius 2 is 1.84 bits per heavy atom. The van der Waals surface area contributed by atoms with Gasteiger partial charge in [-0.15, -0.1) is 0 Å². The first-order chi connectivity index (χ1) is 11.9. The van der Waals surface area contributed by atoms with Crippen LogP contribution in [0.1, 0.15) is 12.5 Å². The molecular weight excluding hydrogens is 328 g/mol. The van der Waals surface area contributed by atoms with Crippen molar-refractivity contribution in [3.8, 4) is 11.6 Å². The van der Waals surface area contributed by atoms with E-state index in [0.717, 1.165) is 0 Å². The van der Waals surface area contributed by atoms with Crippen molar-refractivity contribution in [2.24, 2.45) is 5.10 Å². The molecular formula is C16H14N4O5. The molecule has 128 valence electrons. The number of hydrazone groups is 1. The van der Waals surface area contributed by atoms with E-state index >= 15 is 0 Å². The molecule has 2 aromatic rings. The van der Waals surface area contributed by atoms with E-state index in [1.165, 1.54) is 18.2 Å². The zero-order valence-corrected chi connectivity index (χ0v) is 13.4. The quantitative estimate of drug-likeness (QED) is 0.703. The number of H-pyrrole nitrogens is 2. The fourth-order valence-corrected chi connectivity index (χ4v) is 2.35. The summed E-state index contributed by atoms with van der Waals surface area (Å²) in [7, 11) is 1.54. The van der Waals surface area contributed by atoms with Gasteiger partial charge in [0.25, 0.3) is 11.5 Å². The first-order valence-electron chi connectivity index (χ1n) is 7.22. The van der Waals surface area contributed by atoms with E-state index < -0.39 is 23.0 Å². The molecule has 0 unspecified atom stereocenters. The average molecular weight is 342 g/mol. The number of amides is 1. The van der Waals surface area contributed by atoms with E-state index in [-0.39, 0.29) is 11.1 Å². The number of anilines is 1. The lowest BCUT2D eigenvalue weighted by molar-refractivity contribution is -0.114. The van der Waals surface area contributed by atoms with Gasteiger partial charge < -0.3 is 9.84 Å². The standard InChI is InChI=1S/C16H14N4O5/c1-8-11(7-12-13(21)17-16(24)18-14(12)22)15(23)20(19-8)9-3-5-10(25-2)6-4-9/h3-7H,1-2H3,(H3,17,18,21,22,24). The van der Waals surface area contributed by atoms with Gasteiger partial charge in [0.15, 0.2) is 0 Å². The van der Waals surface area contributed by atoms with E-state index in [4.69, 9.17) is 4.74 Å². The third kappa shape index (κ3) is 2.94. The summed E-state index contributed by atoms with van der Waals surface area (Å²) in [6.07, 6.45) is 1.19. The van der Waals surface area contributed by atoms with Crippen LogP contribution in [0.4, 0.5) is 5.69 Å². The van der Waals surface area contributed by atoms with E-state index in [1.807, 2.05) is 4.98 Å². The molecule has 1 aliphatic rings. The Balaban J connectivity index is 2.00. The molecule has 9 heteroatoms. The lowest BCUT2D eigenvalue weighted by Gasteiger charge is -2.12. The molecule has 1 amide bonds. The van der Waals surface area contributed by atoms with Crippen molar-refractivity contribution >= 4 is 23.4 Å². The lowest BCUT2D eigenvalue weighted by atomic mass is 10.1. The fraction of sp³-hybridized carbons (Fsp3) is 0.125. The highest BCUT2D eigenvalue weighted by Crippen LogP contribution is 2.26. The van der Waals surface area contributed by atoms with Gasteiger partial charge in [0.05, 0.1) is 24.1 Å². The maximum atomic E-state index is 12.6. The number of hydrogen-bond acceptors (Lipinski definition) is 6. The number of benzene rings is 1. The van der Waals surface area contributed by atoms with Crippen LogP contribution in [-0.2, 0) is 4.79 Å². The molecule has 0 atom stereocenters. The Bertz CT molecular complexity index is 1010. The lowest BCUT2D eigenvalue weighted by Crippen LogP contribution is -2.25. The van der Waals surface area contributed by atoms with Gasteiger partial charge in [-0.25, -0.2) is 4.79 Å². The van der Waals surface area contributed by atoms with Crippen LogP contribution < -0.4 is 21.0 Å². The molecule has 1 aromatic heterocycles. The van der Waals surface area contributed by atoms with Crippen LogP contribution in [0.5, 0.6) is 11.6 Å². The monoisotopic (exact) mass is 342 g/mol. The molecule has 0 radical (unpaired) electrons. The molecule has 25 heavy (non-hydrogen) atoms. The van der Waals surface area contributed by atoms with E-state index in [0.29, 0.717) is 17.1 Å². The van der Waals surface area contributed by atoms with Crippen molar-refractivity contribution in [3.63, 3.8) is 0 Å². The molecule has 3 N–H and O–H groups in total. The van der Waals surface area contributed by atoms with Crippen molar-refractivity contribution in [2.75, 3.05) is 12.1 Å². The molecule has 0 spiro atoms. The van der Waals surface area contributed by atoms with Crippen LogP contribution in [0.25, 0.3) is 6.08 Å². The van der Waals surface area contributed by atoms with Gasteiger partial charge in [-0.05, 0) is 37.3 Å². The molecule has 0 aliphatic carbocycles. The topological polar surface area (TPSA) is 128 Å². The summed E-state index contributed by atoms with van der Waals surface area (Å²) in [6, 6.07) is 6.71. The van der Waals surface area contributed by atoms with Gasteiger partial charge in [0, 0.05) is 0 Å². The number of aromatic hydroxyl groups is 1. The number of aromatic nitrogens is 2. The predicted octanol–water partition coefficient (Wildman–Crippen LogP) is 0.583. The van der Waals surface area contributed by atoms with Crippen LogP contribution in [0, 0.1) is 0 Å². The predicted molar refractivity (Wildman–Crippen MR) is 90.9 cm³/mol. The van der Waals surface area contributed by atoms with Crippen LogP contribution in [0.3, 0.4) is 0 Å². The number of hydrogen-bond donors (Lipinski definition) is 3. The Hall–Kier alpha value is -3.62. The maximum absolute atomic E-state index is 12.6. The average Bonchev–Trinajstić information content (AvgIpc) is 2.85. The van der Waals surface area contributed by atoms with Crippen molar-refractivity contribution in [3.05, 3.63) is 56.2 Å². The first-order valence-corrected chi connectivity index (χ1v) is 7.22. The zero-order chi connectivity index (χ0) is 18.1. The number of carbonyl (C=O) groups is 1. The highest BCUT2D eigenvalue weighted by Gasteiger charge is 2.29. The summed E-state index contributed by atoms with van der Waals surface area (Å²) in [4.78, 5) is 39.6. The smallest absolute Gasteiger partial charge is 0.328 e. The van der Waals surface area contributed by atoms with Gasteiger partial charge in [-0.2, -0.15) is 10.1 Å². The molecule has 0 fully saturated rings. The summed E-state index contributed by atoms with van der Waals surface area (Å²) in [5.74, 6) is -0.450. The van der Waals surface area contributed by atoms with Gasteiger partial charge in [-0.3, -0.25) is 19.6 Å². The molecule has 3 rings (SSSR count). The molecule has 0 saturated heterocycles. The highest BCUT2D eigenvalue weighted by atomic mass is 16.5. The second-order valence-electron chi connectivity index (χ2n) is 5.23. The normalized spacial score (nSPS) is 15.6. The van der Waals surface area contributed by atoms with Gasteiger partial charge in [0.2, 0.25) is 5.88 Å². The number of rotatable bonds is 3. The van der Waals surface area contributed by atoms with E-state index in [9.17, 15) is 19.5 Å². The highest BCUT2D eigenvalue weighted by molar-refractivity contribution is 6.32. The minimum Gasteiger partial charge on any atom is -0.497 e. The van der Waals surface area contributed by atoms with Crippen molar-refractivity contribution < 1.29 is 14.6 Å². The molecule has 1 aliphatic heterocycles. The van der Waals surface area contributed by atoms with Gasteiger partial charge in [0.1, 0.15) is 11.3 Å². The fourth-order valence-electron chi connectivity index (χ4n) is 2.35.